The van der Waals surface area contributed by atoms with Gasteiger partial charge in [0.1, 0.15) is 5.69 Å². The molecule has 0 saturated carbocycles. The highest BCUT2D eigenvalue weighted by Crippen LogP contribution is 2.29. The van der Waals surface area contributed by atoms with E-state index >= 15 is 0 Å². The van der Waals surface area contributed by atoms with Gasteiger partial charge in [0.2, 0.25) is 0 Å². The highest BCUT2D eigenvalue weighted by atomic mass is 35.5. The number of carbonyl (C=O) groups is 3. The van der Waals surface area contributed by atoms with Crippen molar-refractivity contribution in [3.05, 3.63) is 50.8 Å². The van der Waals surface area contributed by atoms with E-state index in [9.17, 15) is 14.4 Å². The number of hydrogen-bond donors (Lipinski definition) is 2. The van der Waals surface area contributed by atoms with E-state index in [0.717, 1.165) is 0 Å². The third kappa shape index (κ3) is 4.66. The van der Waals surface area contributed by atoms with Crippen molar-refractivity contribution in [3.8, 4) is 0 Å². The Bertz CT molecular complexity index is 923. The fourth-order valence-electron chi connectivity index (χ4n) is 2.57. The molecule has 2 N–H and O–H groups in total. The second-order valence-corrected chi connectivity index (χ2v) is 6.77. The van der Waals surface area contributed by atoms with Crippen molar-refractivity contribution >= 4 is 46.7 Å². The maximum atomic E-state index is 12.5. The smallest absolute Gasteiger partial charge is 0.355 e. The van der Waals surface area contributed by atoms with E-state index in [-0.39, 0.29) is 27.9 Å². The third-order valence-electron chi connectivity index (χ3n) is 3.98. The number of amides is 1. The zero-order valence-corrected chi connectivity index (χ0v) is 17.3. The van der Waals surface area contributed by atoms with Crippen LogP contribution in [-0.2, 0) is 14.3 Å². The fraction of sp³-hybridized carbons (Fsp3) is 0.316. The summed E-state index contributed by atoms with van der Waals surface area (Å²) in [6, 6.07) is 4.79. The molecule has 2 aromatic rings. The highest BCUT2D eigenvalue weighted by Gasteiger charge is 2.27. The van der Waals surface area contributed by atoms with Crippen LogP contribution >= 0.6 is 23.2 Å². The third-order valence-corrected chi connectivity index (χ3v) is 4.80. The maximum absolute atomic E-state index is 12.5. The minimum atomic E-state index is -1.11. The first kappa shape index (κ1) is 21.8. The minimum Gasteiger partial charge on any atom is -0.461 e. The Hall–Kier alpha value is -2.51. The summed E-state index contributed by atoms with van der Waals surface area (Å²) < 4.78 is 10.2. The molecule has 9 heteroatoms. The van der Waals surface area contributed by atoms with Gasteiger partial charge in [-0.1, -0.05) is 29.3 Å². The number of hydrogen-bond acceptors (Lipinski definition) is 5. The maximum Gasteiger partial charge on any atom is 0.355 e. The van der Waals surface area contributed by atoms with Gasteiger partial charge in [0.25, 0.3) is 5.91 Å². The molecule has 0 aliphatic rings. The summed E-state index contributed by atoms with van der Waals surface area (Å²) in [4.78, 5) is 39.7. The van der Waals surface area contributed by atoms with Gasteiger partial charge in [-0.3, -0.25) is 4.79 Å². The molecule has 1 unspecified atom stereocenters. The molecule has 0 radical (unpaired) electrons. The number of carbonyl (C=O) groups excluding carboxylic acids is 3. The number of esters is 2. The number of aryl methyl sites for hydroxylation is 1. The van der Waals surface area contributed by atoms with Gasteiger partial charge in [-0.25, -0.2) is 9.59 Å². The van der Waals surface area contributed by atoms with Gasteiger partial charge in [-0.2, -0.15) is 0 Å². The number of nitrogens with one attached hydrogen (secondary N) is 2. The Morgan fingerprint density at radius 1 is 1.18 bits per heavy atom. The second kappa shape index (κ2) is 9.12. The van der Waals surface area contributed by atoms with E-state index in [1.165, 1.54) is 6.92 Å². The van der Waals surface area contributed by atoms with Gasteiger partial charge >= 0.3 is 11.9 Å². The first-order chi connectivity index (χ1) is 13.2. The molecular formula is C19H20Cl2N2O5. The van der Waals surface area contributed by atoms with Crippen molar-refractivity contribution in [3.63, 3.8) is 0 Å². The van der Waals surface area contributed by atoms with Gasteiger partial charge in [0.15, 0.2) is 6.10 Å². The number of aromatic amines is 1. The topological polar surface area (TPSA) is 97.5 Å². The molecule has 0 aliphatic carbocycles. The number of rotatable bonds is 6. The van der Waals surface area contributed by atoms with Crippen LogP contribution < -0.4 is 5.32 Å². The van der Waals surface area contributed by atoms with Crippen molar-refractivity contribution in [1.82, 2.24) is 4.98 Å². The standard InChI is InChI=1S/C19H20Cl2N2O5/c1-5-27-19(26)16-9(2)14(10(3)22-16)18(25)28-11(4)17(24)23-13-8-6-7-12(20)15(13)21/h6-8,11,22H,5H2,1-4H3,(H,23,24). The molecule has 0 spiro atoms. The Morgan fingerprint density at radius 3 is 2.50 bits per heavy atom. The van der Waals surface area contributed by atoms with Gasteiger partial charge in [-0.15, -0.1) is 0 Å². The highest BCUT2D eigenvalue weighted by molar-refractivity contribution is 6.44. The molecule has 7 nitrogen and oxygen atoms in total. The number of H-pyrrole nitrogens is 1. The van der Waals surface area contributed by atoms with E-state index in [0.29, 0.717) is 16.9 Å². The average molecular weight is 427 g/mol. The lowest BCUT2D eigenvalue weighted by Gasteiger charge is -2.15. The normalized spacial score (nSPS) is 11.6. The molecule has 0 bridgehead atoms. The summed E-state index contributed by atoms with van der Waals surface area (Å²) in [7, 11) is 0. The van der Waals surface area contributed by atoms with Crippen molar-refractivity contribution < 1.29 is 23.9 Å². The van der Waals surface area contributed by atoms with Crippen molar-refractivity contribution in [2.24, 2.45) is 0 Å². The Kier molecular flexibility index (Phi) is 7.10. The molecule has 28 heavy (non-hydrogen) atoms. The number of ether oxygens (including phenoxy) is 2. The van der Waals surface area contributed by atoms with E-state index < -0.39 is 23.9 Å². The number of halogens is 2. The number of aromatic nitrogens is 1. The lowest BCUT2D eigenvalue weighted by molar-refractivity contribution is -0.123. The molecular weight excluding hydrogens is 407 g/mol. The molecule has 1 atom stereocenters. The van der Waals surface area contributed by atoms with E-state index in [1.807, 2.05) is 0 Å². The van der Waals surface area contributed by atoms with Crippen LogP contribution in [0, 0.1) is 13.8 Å². The van der Waals surface area contributed by atoms with Crippen LogP contribution in [-0.4, -0.2) is 35.5 Å². The molecule has 150 valence electrons. The Balaban J connectivity index is 2.13. The fourth-order valence-corrected chi connectivity index (χ4v) is 2.92. The van der Waals surface area contributed by atoms with E-state index in [1.54, 1.807) is 39.0 Å². The lowest BCUT2D eigenvalue weighted by Crippen LogP contribution is -2.30. The summed E-state index contributed by atoms with van der Waals surface area (Å²) in [5.74, 6) is -1.88. The quantitative estimate of drug-likeness (QED) is 0.670. The zero-order valence-electron chi connectivity index (χ0n) is 15.8. The van der Waals surface area contributed by atoms with Crippen LogP contribution in [0.1, 0.15) is 46.0 Å². The predicted octanol–water partition coefficient (Wildman–Crippen LogP) is 4.30. The molecule has 0 aliphatic heterocycles. The second-order valence-electron chi connectivity index (χ2n) is 5.98. The van der Waals surface area contributed by atoms with Crippen LogP contribution in [0.5, 0.6) is 0 Å². The van der Waals surface area contributed by atoms with Gasteiger partial charge in [0, 0.05) is 5.69 Å². The largest absolute Gasteiger partial charge is 0.461 e. The van der Waals surface area contributed by atoms with Crippen LogP contribution in [0.3, 0.4) is 0 Å². The average Bonchev–Trinajstić information content (AvgIpc) is 2.93. The van der Waals surface area contributed by atoms with Crippen molar-refractivity contribution in [1.29, 1.82) is 0 Å². The molecule has 0 saturated heterocycles. The van der Waals surface area contributed by atoms with Crippen LogP contribution in [0.4, 0.5) is 5.69 Å². The van der Waals surface area contributed by atoms with Gasteiger partial charge < -0.3 is 19.8 Å². The molecule has 0 fully saturated rings. The lowest BCUT2D eigenvalue weighted by atomic mass is 10.1. The van der Waals surface area contributed by atoms with E-state index in [2.05, 4.69) is 10.3 Å². The first-order valence-corrected chi connectivity index (χ1v) is 9.25. The number of anilines is 1. The zero-order chi connectivity index (χ0) is 21.0. The summed E-state index contributed by atoms with van der Waals surface area (Å²) in [6.07, 6.45) is -1.11. The predicted molar refractivity (Wildman–Crippen MR) is 106 cm³/mol. The monoisotopic (exact) mass is 426 g/mol. The van der Waals surface area contributed by atoms with E-state index in [4.69, 9.17) is 32.7 Å². The van der Waals surface area contributed by atoms with Gasteiger partial charge in [0.05, 0.1) is 27.9 Å². The summed E-state index contributed by atoms with van der Waals surface area (Å²) in [5.41, 5.74) is 1.50. The first-order valence-electron chi connectivity index (χ1n) is 8.49. The SMILES string of the molecule is CCOC(=O)c1[nH]c(C)c(C(=O)OC(C)C(=O)Nc2cccc(Cl)c2Cl)c1C. The molecule has 1 heterocycles. The molecule has 1 aromatic heterocycles. The van der Waals surface area contributed by atoms with Gasteiger partial charge in [-0.05, 0) is 45.4 Å². The van der Waals surface area contributed by atoms with Crippen LogP contribution in [0.15, 0.2) is 18.2 Å². The van der Waals surface area contributed by atoms with Crippen LogP contribution in [0.25, 0.3) is 0 Å². The van der Waals surface area contributed by atoms with Crippen LogP contribution in [0.2, 0.25) is 10.0 Å². The molecule has 2 rings (SSSR count). The summed E-state index contributed by atoms with van der Waals surface area (Å²) in [5, 5.41) is 3.04. The van der Waals surface area contributed by atoms with Crippen molar-refractivity contribution in [2.45, 2.75) is 33.8 Å². The molecule has 1 amide bonds. The summed E-state index contributed by atoms with van der Waals surface area (Å²) >= 11 is 12.0. The van der Waals surface area contributed by atoms with Crippen molar-refractivity contribution in [2.75, 3.05) is 11.9 Å². The Morgan fingerprint density at radius 2 is 1.86 bits per heavy atom. The number of benzene rings is 1. The summed E-state index contributed by atoms with van der Waals surface area (Å²) in [6.45, 7) is 6.55. The Labute approximate surface area is 172 Å². The minimum absolute atomic E-state index is 0.175. The molecule has 1 aromatic carbocycles.